The van der Waals surface area contributed by atoms with Gasteiger partial charge in [0.2, 0.25) is 5.88 Å². The van der Waals surface area contributed by atoms with Gasteiger partial charge < -0.3 is 14.7 Å². The second-order valence-electron chi connectivity index (χ2n) is 6.24. The average molecular weight is 304 g/mol. The lowest BCUT2D eigenvalue weighted by atomic mass is 9.98. The van der Waals surface area contributed by atoms with Crippen LogP contribution in [0.15, 0.2) is 18.3 Å². The molecule has 5 heteroatoms. The highest BCUT2D eigenvalue weighted by Gasteiger charge is 2.29. The summed E-state index contributed by atoms with van der Waals surface area (Å²) >= 11 is 0. The molecule has 1 saturated heterocycles. The molecule has 0 aromatic carbocycles. The zero-order valence-corrected chi connectivity index (χ0v) is 12.9. The number of rotatable bonds is 4. The molecule has 2 aliphatic rings. The lowest BCUT2D eigenvalue weighted by Crippen LogP contribution is -2.37. The van der Waals surface area contributed by atoms with Crippen LogP contribution in [-0.2, 0) is 0 Å². The van der Waals surface area contributed by atoms with Crippen molar-refractivity contribution in [2.24, 2.45) is 0 Å². The van der Waals surface area contributed by atoms with Crippen LogP contribution < -0.4 is 4.74 Å². The van der Waals surface area contributed by atoms with Gasteiger partial charge >= 0.3 is 0 Å². The minimum atomic E-state index is -0.0524. The van der Waals surface area contributed by atoms with Crippen molar-refractivity contribution in [1.82, 2.24) is 9.88 Å². The number of hydrogen-bond donors (Lipinski definition) is 1. The summed E-state index contributed by atoms with van der Waals surface area (Å²) in [6.07, 6.45) is 9.51. The minimum Gasteiger partial charge on any atom is -0.474 e. The number of aromatic nitrogens is 1. The fourth-order valence-electron chi connectivity index (χ4n) is 3.42. The van der Waals surface area contributed by atoms with E-state index in [1.54, 1.807) is 23.2 Å². The molecular formula is C17H24N2O3. The van der Waals surface area contributed by atoms with E-state index in [0.29, 0.717) is 18.0 Å². The molecule has 0 unspecified atom stereocenters. The number of carbonyl (C=O) groups excluding carboxylic acids is 1. The zero-order valence-electron chi connectivity index (χ0n) is 12.9. The van der Waals surface area contributed by atoms with Gasteiger partial charge in [-0.05, 0) is 44.6 Å². The zero-order chi connectivity index (χ0) is 15.4. The Morgan fingerprint density at radius 3 is 2.86 bits per heavy atom. The topological polar surface area (TPSA) is 62.7 Å². The predicted octanol–water partition coefficient (Wildman–Crippen LogP) is 2.39. The molecule has 1 aromatic heterocycles. The van der Waals surface area contributed by atoms with Gasteiger partial charge in [-0.1, -0.05) is 6.42 Å². The van der Waals surface area contributed by atoms with Gasteiger partial charge in [-0.3, -0.25) is 4.79 Å². The van der Waals surface area contributed by atoms with Gasteiger partial charge in [0.25, 0.3) is 5.91 Å². The molecule has 22 heavy (non-hydrogen) atoms. The molecule has 0 spiro atoms. The van der Waals surface area contributed by atoms with Crippen LogP contribution in [0.3, 0.4) is 0 Å². The summed E-state index contributed by atoms with van der Waals surface area (Å²) in [5.41, 5.74) is 0.598. The normalized spacial score (nSPS) is 22.8. The van der Waals surface area contributed by atoms with E-state index in [0.717, 1.165) is 25.7 Å². The Hall–Kier alpha value is -1.62. The molecule has 0 bridgehead atoms. The first-order valence-electron chi connectivity index (χ1n) is 8.32. The number of amides is 1. The molecule has 1 aliphatic heterocycles. The Kier molecular flexibility index (Phi) is 4.93. The Morgan fingerprint density at radius 2 is 2.09 bits per heavy atom. The fourth-order valence-corrected chi connectivity index (χ4v) is 3.42. The lowest BCUT2D eigenvalue weighted by Gasteiger charge is -2.24. The van der Waals surface area contributed by atoms with Gasteiger partial charge in [-0.2, -0.15) is 0 Å². The number of hydrogen-bond acceptors (Lipinski definition) is 4. The number of aliphatic hydroxyl groups is 1. The van der Waals surface area contributed by atoms with Gasteiger partial charge in [-0.25, -0.2) is 4.98 Å². The monoisotopic (exact) mass is 304 g/mol. The maximum Gasteiger partial charge on any atom is 0.254 e. The lowest BCUT2D eigenvalue weighted by molar-refractivity contribution is 0.0676. The third kappa shape index (κ3) is 3.40. The van der Waals surface area contributed by atoms with Crippen molar-refractivity contribution in [1.29, 1.82) is 0 Å². The van der Waals surface area contributed by atoms with E-state index >= 15 is 0 Å². The molecule has 1 aromatic rings. The summed E-state index contributed by atoms with van der Waals surface area (Å²) in [4.78, 5) is 18.6. The highest BCUT2D eigenvalue weighted by molar-refractivity contribution is 5.94. The molecule has 1 saturated carbocycles. The Bertz CT molecular complexity index is 514. The highest BCUT2D eigenvalue weighted by Crippen LogP contribution is 2.24. The molecule has 5 nitrogen and oxygen atoms in total. The molecule has 0 radical (unpaired) electrons. The maximum absolute atomic E-state index is 12.6. The van der Waals surface area contributed by atoms with Crippen molar-refractivity contribution < 1.29 is 14.6 Å². The first-order valence-corrected chi connectivity index (χ1v) is 8.32. The third-order valence-corrected chi connectivity index (χ3v) is 4.67. The smallest absolute Gasteiger partial charge is 0.254 e. The second-order valence-corrected chi connectivity index (χ2v) is 6.24. The average Bonchev–Trinajstić information content (AvgIpc) is 3.04. The molecule has 1 amide bonds. The van der Waals surface area contributed by atoms with Crippen LogP contribution in [0, 0.1) is 0 Å². The van der Waals surface area contributed by atoms with Gasteiger partial charge in [0, 0.05) is 24.4 Å². The number of ether oxygens (including phenoxy) is 1. The van der Waals surface area contributed by atoms with Crippen molar-refractivity contribution in [3.63, 3.8) is 0 Å². The van der Waals surface area contributed by atoms with Gasteiger partial charge in [-0.15, -0.1) is 0 Å². The molecule has 120 valence electrons. The van der Waals surface area contributed by atoms with Crippen molar-refractivity contribution in [2.45, 2.75) is 57.1 Å². The van der Waals surface area contributed by atoms with Gasteiger partial charge in [0.15, 0.2) is 0 Å². The molecule has 1 N–H and O–H groups in total. The van der Waals surface area contributed by atoms with E-state index in [4.69, 9.17) is 4.74 Å². The third-order valence-electron chi connectivity index (χ3n) is 4.67. The van der Waals surface area contributed by atoms with Crippen molar-refractivity contribution in [2.75, 3.05) is 13.2 Å². The molecule has 1 aliphatic carbocycles. The van der Waals surface area contributed by atoms with Crippen LogP contribution in [0.2, 0.25) is 0 Å². The molecule has 3 rings (SSSR count). The summed E-state index contributed by atoms with van der Waals surface area (Å²) in [5, 5.41) is 9.37. The van der Waals surface area contributed by atoms with Crippen LogP contribution in [0.1, 0.15) is 55.3 Å². The van der Waals surface area contributed by atoms with E-state index in [-0.39, 0.29) is 24.7 Å². The van der Waals surface area contributed by atoms with Crippen molar-refractivity contribution in [3.05, 3.63) is 23.9 Å². The largest absolute Gasteiger partial charge is 0.474 e. The standard InChI is InChI=1S/C17H24N2O3/c20-12-14-5-4-10-19(14)17(21)13-8-9-18-16(11-13)22-15-6-2-1-3-7-15/h8-9,11,14-15,20H,1-7,10,12H2/t14-/m1/s1. The molecule has 1 atom stereocenters. The quantitative estimate of drug-likeness (QED) is 0.927. The maximum atomic E-state index is 12.6. The van der Waals surface area contributed by atoms with Crippen LogP contribution in [-0.4, -0.2) is 46.2 Å². The number of pyridine rings is 1. The number of carbonyl (C=O) groups is 1. The molecular weight excluding hydrogens is 280 g/mol. The summed E-state index contributed by atoms with van der Waals surface area (Å²) in [6.45, 7) is 0.744. The van der Waals surface area contributed by atoms with E-state index in [1.807, 2.05) is 0 Å². The number of aliphatic hydroxyl groups excluding tert-OH is 1. The van der Waals surface area contributed by atoms with Crippen LogP contribution in [0.5, 0.6) is 5.88 Å². The SMILES string of the molecule is O=C(c1ccnc(OC2CCCCC2)c1)N1CCC[C@@H]1CO. The minimum absolute atomic E-state index is 0.0300. The first kappa shape index (κ1) is 15.3. The highest BCUT2D eigenvalue weighted by atomic mass is 16.5. The van der Waals surface area contributed by atoms with Gasteiger partial charge in [0.1, 0.15) is 6.10 Å². The van der Waals surface area contributed by atoms with E-state index < -0.39 is 0 Å². The number of likely N-dealkylation sites (tertiary alicyclic amines) is 1. The molecule has 2 fully saturated rings. The summed E-state index contributed by atoms with van der Waals surface area (Å²) in [5.74, 6) is 0.505. The van der Waals surface area contributed by atoms with E-state index in [9.17, 15) is 9.90 Å². The number of nitrogens with zero attached hydrogens (tertiary/aromatic N) is 2. The van der Waals surface area contributed by atoms with Crippen LogP contribution >= 0.6 is 0 Å². The Labute approximate surface area is 131 Å². The first-order chi connectivity index (χ1) is 10.8. The van der Waals surface area contributed by atoms with Crippen LogP contribution in [0.25, 0.3) is 0 Å². The Balaban J connectivity index is 1.68. The summed E-state index contributed by atoms with van der Waals surface area (Å²) < 4.78 is 5.93. The van der Waals surface area contributed by atoms with E-state index in [2.05, 4.69) is 4.98 Å². The van der Waals surface area contributed by atoms with Crippen LogP contribution in [0.4, 0.5) is 0 Å². The second kappa shape index (κ2) is 7.09. The summed E-state index contributed by atoms with van der Waals surface area (Å²) in [7, 11) is 0. The van der Waals surface area contributed by atoms with Crippen molar-refractivity contribution >= 4 is 5.91 Å². The van der Waals surface area contributed by atoms with Gasteiger partial charge in [0.05, 0.1) is 12.6 Å². The fraction of sp³-hybridized carbons (Fsp3) is 0.647. The van der Waals surface area contributed by atoms with E-state index in [1.165, 1.54) is 19.3 Å². The Morgan fingerprint density at radius 1 is 1.27 bits per heavy atom. The summed E-state index contributed by atoms with van der Waals surface area (Å²) in [6, 6.07) is 3.41. The molecule has 2 heterocycles. The van der Waals surface area contributed by atoms with Crippen molar-refractivity contribution in [3.8, 4) is 5.88 Å². The predicted molar refractivity (Wildman–Crippen MR) is 82.9 cm³/mol.